The van der Waals surface area contributed by atoms with Gasteiger partial charge in [-0.2, -0.15) is 0 Å². The molecule has 1 aromatic rings. The first kappa shape index (κ1) is 15.5. The van der Waals surface area contributed by atoms with Crippen molar-refractivity contribution in [2.45, 2.75) is 39.8 Å². The lowest BCUT2D eigenvalue weighted by Gasteiger charge is -2.14. The standard InChI is InChI=1S/C15H23NO3/c1-5-11(3)16-15(17)12-7-8-14(19-6-2)13(9-12)10-18-4/h7-9,11H,5-6,10H2,1-4H3,(H,16,17). The summed E-state index contributed by atoms with van der Waals surface area (Å²) in [6.45, 7) is 6.98. The van der Waals surface area contributed by atoms with Crippen LogP contribution >= 0.6 is 0 Å². The van der Waals surface area contributed by atoms with Gasteiger partial charge >= 0.3 is 0 Å². The number of hydrogen-bond donors (Lipinski definition) is 1. The second-order valence-corrected chi connectivity index (χ2v) is 4.47. The van der Waals surface area contributed by atoms with E-state index in [-0.39, 0.29) is 11.9 Å². The number of ether oxygens (including phenoxy) is 2. The average Bonchev–Trinajstić information content (AvgIpc) is 2.41. The van der Waals surface area contributed by atoms with Crippen LogP contribution < -0.4 is 10.1 Å². The Morgan fingerprint density at radius 3 is 2.68 bits per heavy atom. The molecule has 1 rings (SSSR count). The molecule has 0 radical (unpaired) electrons. The SMILES string of the molecule is CCOc1ccc(C(=O)NC(C)CC)cc1COC. The number of rotatable bonds is 7. The van der Waals surface area contributed by atoms with E-state index in [1.807, 2.05) is 32.9 Å². The highest BCUT2D eigenvalue weighted by Gasteiger charge is 2.12. The molecule has 106 valence electrons. The number of benzene rings is 1. The third kappa shape index (κ3) is 4.56. The van der Waals surface area contributed by atoms with Gasteiger partial charge in [0.05, 0.1) is 13.2 Å². The number of nitrogens with one attached hydrogen (secondary N) is 1. The van der Waals surface area contributed by atoms with Crippen molar-refractivity contribution >= 4 is 5.91 Å². The summed E-state index contributed by atoms with van der Waals surface area (Å²) in [5, 5.41) is 2.95. The van der Waals surface area contributed by atoms with E-state index < -0.39 is 0 Å². The summed E-state index contributed by atoms with van der Waals surface area (Å²) < 4.78 is 10.7. The van der Waals surface area contributed by atoms with Gasteiger partial charge < -0.3 is 14.8 Å². The molecule has 0 aromatic heterocycles. The highest BCUT2D eigenvalue weighted by atomic mass is 16.5. The average molecular weight is 265 g/mol. The third-order valence-corrected chi connectivity index (χ3v) is 2.91. The van der Waals surface area contributed by atoms with Crippen LogP contribution in [-0.4, -0.2) is 25.7 Å². The van der Waals surface area contributed by atoms with Crippen LogP contribution in [0.15, 0.2) is 18.2 Å². The molecular formula is C15H23NO3. The van der Waals surface area contributed by atoms with E-state index in [0.29, 0.717) is 18.8 Å². The molecule has 1 amide bonds. The van der Waals surface area contributed by atoms with Crippen molar-refractivity contribution in [1.29, 1.82) is 0 Å². The van der Waals surface area contributed by atoms with Crippen molar-refractivity contribution < 1.29 is 14.3 Å². The fourth-order valence-electron chi connectivity index (χ4n) is 1.69. The molecule has 1 aromatic carbocycles. The molecule has 19 heavy (non-hydrogen) atoms. The summed E-state index contributed by atoms with van der Waals surface area (Å²) >= 11 is 0. The predicted octanol–water partition coefficient (Wildman–Crippen LogP) is 2.76. The lowest BCUT2D eigenvalue weighted by Crippen LogP contribution is -2.31. The zero-order chi connectivity index (χ0) is 14.3. The minimum atomic E-state index is -0.0604. The summed E-state index contributed by atoms with van der Waals surface area (Å²) in [5.41, 5.74) is 1.52. The van der Waals surface area contributed by atoms with E-state index in [4.69, 9.17) is 9.47 Å². The van der Waals surface area contributed by atoms with Gasteiger partial charge in [-0.05, 0) is 38.5 Å². The summed E-state index contributed by atoms with van der Waals surface area (Å²) in [7, 11) is 1.63. The zero-order valence-corrected chi connectivity index (χ0v) is 12.2. The molecule has 0 saturated carbocycles. The lowest BCUT2D eigenvalue weighted by atomic mass is 10.1. The van der Waals surface area contributed by atoms with Crippen LogP contribution in [0.2, 0.25) is 0 Å². The Labute approximate surface area is 115 Å². The van der Waals surface area contributed by atoms with E-state index >= 15 is 0 Å². The van der Waals surface area contributed by atoms with Crippen LogP contribution in [0.3, 0.4) is 0 Å². The van der Waals surface area contributed by atoms with E-state index in [1.165, 1.54) is 0 Å². The molecule has 0 aliphatic heterocycles. The summed E-state index contributed by atoms with van der Waals surface area (Å²) in [6, 6.07) is 5.60. The number of carbonyl (C=O) groups is 1. The maximum atomic E-state index is 12.0. The monoisotopic (exact) mass is 265 g/mol. The van der Waals surface area contributed by atoms with Crippen molar-refractivity contribution in [3.05, 3.63) is 29.3 Å². The van der Waals surface area contributed by atoms with E-state index in [1.54, 1.807) is 13.2 Å². The van der Waals surface area contributed by atoms with Crippen LogP contribution in [0.4, 0.5) is 0 Å². The van der Waals surface area contributed by atoms with Crippen LogP contribution in [0, 0.1) is 0 Å². The topological polar surface area (TPSA) is 47.6 Å². The molecule has 1 unspecified atom stereocenters. The Bertz CT molecular complexity index is 418. The molecule has 0 spiro atoms. The molecule has 0 saturated heterocycles. The Morgan fingerprint density at radius 2 is 2.11 bits per heavy atom. The van der Waals surface area contributed by atoms with Gasteiger partial charge in [0, 0.05) is 24.3 Å². The quantitative estimate of drug-likeness (QED) is 0.824. The van der Waals surface area contributed by atoms with Crippen molar-refractivity contribution in [3.8, 4) is 5.75 Å². The first-order valence-electron chi connectivity index (χ1n) is 6.67. The minimum absolute atomic E-state index is 0.0604. The van der Waals surface area contributed by atoms with Gasteiger partial charge in [-0.3, -0.25) is 4.79 Å². The van der Waals surface area contributed by atoms with E-state index in [9.17, 15) is 4.79 Å². The molecule has 0 fully saturated rings. The summed E-state index contributed by atoms with van der Waals surface area (Å²) in [6.07, 6.45) is 0.910. The van der Waals surface area contributed by atoms with Crippen molar-refractivity contribution in [3.63, 3.8) is 0 Å². The summed E-state index contributed by atoms with van der Waals surface area (Å²) in [5.74, 6) is 0.708. The molecule has 0 bridgehead atoms. The first-order valence-corrected chi connectivity index (χ1v) is 6.67. The van der Waals surface area contributed by atoms with Gasteiger partial charge in [-0.15, -0.1) is 0 Å². The number of methoxy groups -OCH3 is 1. The van der Waals surface area contributed by atoms with Gasteiger partial charge in [0.25, 0.3) is 5.91 Å². The smallest absolute Gasteiger partial charge is 0.251 e. The van der Waals surface area contributed by atoms with E-state index in [2.05, 4.69) is 5.32 Å². The largest absolute Gasteiger partial charge is 0.494 e. The van der Waals surface area contributed by atoms with Gasteiger partial charge in [-0.25, -0.2) is 0 Å². The Morgan fingerprint density at radius 1 is 1.37 bits per heavy atom. The third-order valence-electron chi connectivity index (χ3n) is 2.91. The van der Waals surface area contributed by atoms with E-state index in [0.717, 1.165) is 17.7 Å². The second-order valence-electron chi connectivity index (χ2n) is 4.47. The predicted molar refractivity (Wildman–Crippen MR) is 75.5 cm³/mol. The van der Waals surface area contributed by atoms with Crippen molar-refractivity contribution in [1.82, 2.24) is 5.32 Å². The fourth-order valence-corrected chi connectivity index (χ4v) is 1.69. The Balaban J connectivity index is 2.90. The normalized spacial score (nSPS) is 12.0. The Kier molecular flexibility index (Phi) is 6.36. The highest BCUT2D eigenvalue weighted by Crippen LogP contribution is 2.21. The molecule has 4 nitrogen and oxygen atoms in total. The molecule has 0 aliphatic rings. The molecule has 1 atom stereocenters. The van der Waals surface area contributed by atoms with Crippen LogP contribution in [0.25, 0.3) is 0 Å². The number of carbonyl (C=O) groups excluding carboxylic acids is 1. The van der Waals surface area contributed by atoms with Gasteiger partial charge in [-0.1, -0.05) is 6.92 Å². The van der Waals surface area contributed by atoms with Crippen LogP contribution in [0.1, 0.15) is 43.1 Å². The van der Waals surface area contributed by atoms with Gasteiger partial charge in [0.15, 0.2) is 0 Å². The van der Waals surface area contributed by atoms with Crippen molar-refractivity contribution in [2.75, 3.05) is 13.7 Å². The highest BCUT2D eigenvalue weighted by molar-refractivity contribution is 5.94. The van der Waals surface area contributed by atoms with Crippen LogP contribution in [0.5, 0.6) is 5.75 Å². The molecule has 4 heteroatoms. The number of hydrogen-bond acceptors (Lipinski definition) is 3. The van der Waals surface area contributed by atoms with Gasteiger partial charge in [0.1, 0.15) is 5.75 Å². The summed E-state index contributed by atoms with van der Waals surface area (Å²) in [4.78, 5) is 12.0. The van der Waals surface area contributed by atoms with Crippen molar-refractivity contribution in [2.24, 2.45) is 0 Å². The van der Waals surface area contributed by atoms with Gasteiger partial charge in [0.2, 0.25) is 0 Å². The zero-order valence-electron chi connectivity index (χ0n) is 12.2. The minimum Gasteiger partial charge on any atom is -0.494 e. The molecular weight excluding hydrogens is 242 g/mol. The second kappa shape index (κ2) is 7.79. The van der Waals surface area contributed by atoms with Crippen LogP contribution in [-0.2, 0) is 11.3 Å². The Hall–Kier alpha value is -1.55. The fraction of sp³-hybridized carbons (Fsp3) is 0.533. The molecule has 0 heterocycles. The number of amides is 1. The molecule has 0 aliphatic carbocycles. The lowest BCUT2D eigenvalue weighted by molar-refractivity contribution is 0.0939. The maximum absolute atomic E-state index is 12.0. The maximum Gasteiger partial charge on any atom is 0.251 e. The molecule has 1 N–H and O–H groups in total. The first-order chi connectivity index (χ1) is 9.12.